The van der Waals surface area contributed by atoms with E-state index >= 15 is 0 Å². The lowest BCUT2D eigenvalue weighted by molar-refractivity contribution is -0.126. The van der Waals surface area contributed by atoms with Crippen LogP contribution in [0.2, 0.25) is 0 Å². The number of carbonyl (C=O) groups excluding carboxylic acids is 2. The monoisotopic (exact) mass is 296 g/mol. The number of ether oxygens (including phenoxy) is 1. The van der Waals surface area contributed by atoms with E-state index in [1.807, 2.05) is 6.92 Å². The fraction of sp³-hybridized carbons (Fsp3) is 0.571. The first-order valence-corrected chi connectivity index (χ1v) is 7.69. The predicted octanol–water partition coefficient (Wildman–Crippen LogP) is 2.25. The molecule has 0 radical (unpaired) electrons. The molecule has 6 heteroatoms. The van der Waals surface area contributed by atoms with Gasteiger partial charge >= 0.3 is 5.97 Å². The minimum atomic E-state index is -0.414. The third-order valence-corrected chi connectivity index (χ3v) is 4.81. The smallest absolute Gasteiger partial charge is 0.350 e. The molecule has 1 fully saturated rings. The summed E-state index contributed by atoms with van der Waals surface area (Å²) in [6.45, 7) is 3.68. The van der Waals surface area contributed by atoms with E-state index in [1.165, 1.54) is 18.4 Å². The standard InChI is InChI=1S/C14H20N2O3S/c1-3-14(6-4-7-15-9-14)13(18)16-10-5-8-20-11(10)12(17)19-2/h5,8,15H,3-4,6-7,9H2,1-2H3,(H,16,18). The van der Waals surface area contributed by atoms with Gasteiger partial charge in [0, 0.05) is 6.54 Å². The molecule has 2 rings (SSSR count). The zero-order valence-corrected chi connectivity index (χ0v) is 12.6. The van der Waals surface area contributed by atoms with Gasteiger partial charge in [-0.15, -0.1) is 11.3 Å². The van der Waals surface area contributed by atoms with Gasteiger partial charge in [0.1, 0.15) is 4.88 Å². The molecule has 20 heavy (non-hydrogen) atoms. The maximum atomic E-state index is 12.6. The van der Waals surface area contributed by atoms with Gasteiger partial charge in [-0.05, 0) is 37.3 Å². The number of hydrogen-bond acceptors (Lipinski definition) is 5. The highest BCUT2D eigenvalue weighted by Crippen LogP contribution is 2.33. The van der Waals surface area contributed by atoms with E-state index in [2.05, 4.69) is 10.6 Å². The molecule has 1 aliphatic heterocycles. The summed E-state index contributed by atoms with van der Waals surface area (Å²) in [6, 6.07) is 1.74. The van der Waals surface area contributed by atoms with E-state index in [4.69, 9.17) is 4.74 Å². The lowest BCUT2D eigenvalue weighted by Gasteiger charge is -2.35. The van der Waals surface area contributed by atoms with Crippen molar-refractivity contribution in [3.8, 4) is 0 Å². The Hall–Kier alpha value is -1.40. The van der Waals surface area contributed by atoms with Crippen LogP contribution in [0.25, 0.3) is 0 Å². The van der Waals surface area contributed by atoms with Gasteiger partial charge in [-0.3, -0.25) is 4.79 Å². The highest BCUT2D eigenvalue weighted by molar-refractivity contribution is 7.12. The van der Waals surface area contributed by atoms with Crippen LogP contribution in [0.5, 0.6) is 0 Å². The van der Waals surface area contributed by atoms with Crippen molar-refractivity contribution in [2.75, 3.05) is 25.5 Å². The van der Waals surface area contributed by atoms with Crippen LogP contribution < -0.4 is 10.6 Å². The van der Waals surface area contributed by atoms with Gasteiger partial charge in [-0.2, -0.15) is 0 Å². The van der Waals surface area contributed by atoms with Crippen molar-refractivity contribution in [1.82, 2.24) is 5.32 Å². The van der Waals surface area contributed by atoms with Crippen molar-refractivity contribution < 1.29 is 14.3 Å². The van der Waals surface area contributed by atoms with E-state index in [0.717, 1.165) is 25.8 Å². The molecule has 5 nitrogen and oxygen atoms in total. The fourth-order valence-electron chi connectivity index (χ4n) is 2.54. The number of hydrogen-bond donors (Lipinski definition) is 2. The normalized spacial score (nSPS) is 22.3. The van der Waals surface area contributed by atoms with Gasteiger partial charge < -0.3 is 15.4 Å². The molecule has 0 aromatic carbocycles. The molecule has 1 atom stereocenters. The number of piperidine rings is 1. The van der Waals surface area contributed by atoms with Crippen molar-refractivity contribution in [1.29, 1.82) is 0 Å². The Morgan fingerprint density at radius 3 is 2.95 bits per heavy atom. The van der Waals surface area contributed by atoms with Crippen LogP contribution in [0, 0.1) is 5.41 Å². The van der Waals surface area contributed by atoms with Crippen molar-refractivity contribution in [3.63, 3.8) is 0 Å². The Morgan fingerprint density at radius 1 is 1.55 bits per heavy atom. The summed E-state index contributed by atoms with van der Waals surface area (Å²) in [6.07, 6.45) is 2.65. The molecular weight excluding hydrogens is 276 g/mol. The quantitative estimate of drug-likeness (QED) is 0.836. The number of esters is 1. The zero-order chi connectivity index (χ0) is 14.6. The summed E-state index contributed by atoms with van der Waals surface area (Å²) >= 11 is 1.27. The van der Waals surface area contributed by atoms with Crippen LogP contribution in [0.1, 0.15) is 35.9 Å². The van der Waals surface area contributed by atoms with Crippen LogP contribution >= 0.6 is 11.3 Å². The topological polar surface area (TPSA) is 67.4 Å². The second kappa shape index (κ2) is 6.37. The first-order valence-electron chi connectivity index (χ1n) is 6.81. The fourth-order valence-corrected chi connectivity index (χ4v) is 3.30. The van der Waals surface area contributed by atoms with E-state index < -0.39 is 5.97 Å². The average Bonchev–Trinajstić information content (AvgIpc) is 2.95. The highest BCUT2D eigenvalue weighted by Gasteiger charge is 2.38. The minimum absolute atomic E-state index is 0.0178. The van der Waals surface area contributed by atoms with Crippen LogP contribution in [0.4, 0.5) is 5.69 Å². The molecule has 1 aliphatic rings. The second-order valence-electron chi connectivity index (χ2n) is 5.02. The number of amides is 1. The van der Waals surface area contributed by atoms with E-state index in [-0.39, 0.29) is 11.3 Å². The second-order valence-corrected chi connectivity index (χ2v) is 5.94. The zero-order valence-electron chi connectivity index (χ0n) is 11.8. The maximum absolute atomic E-state index is 12.6. The van der Waals surface area contributed by atoms with Gasteiger partial charge in [0.15, 0.2) is 0 Å². The number of methoxy groups -OCH3 is 1. The Bertz CT molecular complexity index is 492. The molecule has 0 aliphatic carbocycles. The molecule has 1 unspecified atom stereocenters. The summed E-state index contributed by atoms with van der Waals surface area (Å²) in [5.74, 6) is -0.432. The van der Waals surface area contributed by atoms with Crippen LogP contribution in [-0.2, 0) is 9.53 Å². The van der Waals surface area contributed by atoms with Gasteiger partial charge in [-0.1, -0.05) is 6.92 Å². The van der Waals surface area contributed by atoms with Crippen molar-refractivity contribution in [2.45, 2.75) is 26.2 Å². The molecule has 0 bridgehead atoms. The third kappa shape index (κ3) is 2.86. The van der Waals surface area contributed by atoms with Crippen molar-refractivity contribution in [2.24, 2.45) is 5.41 Å². The van der Waals surface area contributed by atoms with Crippen LogP contribution in [0.15, 0.2) is 11.4 Å². The summed E-state index contributed by atoms with van der Waals surface area (Å²) in [5.41, 5.74) is 0.165. The first-order chi connectivity index (χ1) is 9.63. The van der Waals surface area contributed by atoms with Crippen molar-refractivity contribution in [3.05, 3.63) is 16.3 Å². The van der Waals surface area contributed by atoms with Gasteiger partial charge in [0.05, 0.1) is 18.2 Å². The first kappa shape index (κ1) is 15.0. The van der Waals surface area contributed by atoms with Gasteiger partial charge in [-0.25, -0.2) is 4.79 Å². The molecule has 1 aromatic heterocycles. The number of anilines is 1. The van der Waals surface area contributed by atoms with Crippen LogP contribution in [-0.4, -0.2) is 32.1 Å². The SMILES string of the molecule is CCC1(C(=O)Nc2ccsc2C(=O)OC)CCCNC1. The average molecular weight is 296 g/mol. The lowest BCUT2D eigenvalue weighted by atomic mass is 9.77. The molecule has 0 spiro atoms. The Kier molecular flexibility index (Phi) is 4.77. The molecule has 1 aromatic rings. The molecule has 1 saturated heterocycles. The lowest BCUT2D eigenvalue weighted by Crippen LogP contribution is -2.47. The number of rotatable bonds is 4. The molecule has 2 heterocycles. The number of nitrogens with one attached hydrogen (secondary N) is 2. The van der Waals surface area contributed by atoms with E-state index in [9.17, 15) is 9.59 Å². The highest BCUT2D eigenvalue weighted by atomic mass is 32.1. The van der Waals surface area contributed by atoms with Crippen LogP contribution in [0.3, 0.4) is 0 Å². The largest absolute Gasteiger partial charge is 0.465 e. The molecular formula is C14H20N2O3S. The number of thiophene rings is 1. The predicted molar refractivity (Wildman–Crippen MR) is 79.1 cm³/mol. The molecule has 110 valence electrons. The van der Waals surface area contributed by atoms with Gasteiger partial charge in [0.25, 0.3) is 0 Å². The summed E-state index contributed by atoms with van der Waals surface area (Å²) in [5, 5.41) is 7.96. The van der Waals surface area contributed by atoms with E-state index in [1.54, 1.807) is 11.4 Å². The number of carbonyl (C=O) groups is 2. The Labute approximate surface area is 122 Å². The summed E-state index contributed by atoms with van der Waals surface area (Å²) < 4.78 is 4.72. The molecule has 0 saturated carbocycles. The van der Waals surface area contributed by atoms with Crippen molar-refractivity contribution >= 4 is 28.9 Å². The van der Waals surface area contributed by atoms with E-state index in [0.29, 0.717) is 17.1 Å². The Balaban J connectivity index is 2.15. The third-order valence-electron chi connectivity index (χ3n) is 3.91. The summed E-state index contributed by atoms with van der Waals surface area (Å²) in [4.78, 5) is 24.7. The molecule has 2 N–H and O–H groups in total. The molecule has 1 amide bonds. The Morgan fingerprint density at radius 2 is 2.35 bits per heavy atom. The minimum Gasteiger partial charge on any atom is -0.465 e. The summed E-state index contributed by atoms with van der Waals surface area (Å²) in [7, 11) is 1.34. The maximum Gasteiger partial charge on any atom is 0.350 e. The van der Waals surface area contributed by atoms with Gasteiger partial charge in [0.2, 0.25) is 5.91 Å².